The van der Waals surface area contributed by atoms with Crippen LogP contribution in [-0.2, 0) is 28.5 Å². The fraction of sp³-hybridized carbons (Fsp3) is 0.400. The maximum atomic E-state index is 11.8. The van der Waals surface area contributed by atoms with E-state index in [1.165, 1.54) is 43.3 Å². The molecule has 0 aliphatic carbocycles. The van der Waals surface area contributed by atoms with Gasteiger partial charge in [-0.2, -0.15) is 0 Å². The lowest BCUT2D eigenvalue weighted by Crippen LogP contribution is -2.20. The minimum Gasteiger partial charge on any atom is -0.508 e. The molecule has 0 fully saturated rings. The number of methoxy groups -OCH3 is 3. The molecule has 0 saturated carbocycles. The van der Waals surface area contributed by atoms with Gasteiger partial charge in [-0.15, -0.1) is 0 Å². The molecule has 5 rings (SSSR count). The maximum Gasteiger partial charge on any atom is 0.339 e. The summed E-state index contributed by atoms with van der Waals surface area (Å²) in [5.74, 6) is -0.295. The van der Waals surface area contributed by atoms with Crippen LogP contribution in [0.1, 0.15) is 53.4 Å². The number of aldehydes is 1. The van der Waals surface area contributed by atoms with Gasteiger partial charge in [0.2, 0.25) is 0 Å². The molecule has 5 aromatic rings. The second-order valence-electron chi connectivity index (χ2n) is 13.5. The predicted octanol–water partition coefficient (Wildman–Crippen LogP) is 5.99. The summed E-state index contributed by atoms with van der Waals surface area (Å²) in [6, 6.07) is 8.35. The van der Waals surface area contributed by atoms with Gasteiger partial charge in [-0.1, -0.05) is 0 Å². The zero-order valence-electron chi connectivity index (χ0n) is 37.1. The molecule has 344 valence electrons. The van der Waals surface area contributed by atoms with E-state index in [1.807, 2.05) is 6.92 Å². The molecule has 3 aromatic carbocycles. The van der Waals surface area contributed by atoms with Gasteiger partial charge in [0, 0.05) is 68.9 Å². The molecule has 1 atom stereocenters. The van der Waals surface area contributed by atoms with Crippen molar-refractivity contribution in [3.63, 3.8) is 0 Å². The Morgan fingerprint density at radius 3 is 1.62 bits per heavy atom. The summed E-state index contributed by atoms with van der Waals surface area (Å²) in [4.78, 5) is 55.8. The highest BCUT2D eigenvalue weighted by Crippen LogP contribution is 2.37. The van der Waals surface area contributed by atoms with Crippen molar-refractivity contribution in [3.05, 3.63) is 85.1 Å². The van der Waals surface area contributed by atoms with Crippen molar-refractivity contribution in [2.75, 3.05) is 67.6 Å². The number of fused-ring (bicyclic) bond motifs is 2. The molecule has 0 aliphatic heterocycles. The van der Waals surface area contributed by atoms with Gasteiger partial charge in [-0.3, -0.25) is 14.4 Å². The summed E-state index contributed by atoms with van der Waals surface area (Å²) in [6.07, 6.45) is 0.453. The third-order valence-corrected chi connectivity index (χ3v) is 9.09. The van der Waals surface area contributed by atoms with Crippen LogP contribution >= 0.6 is 0 Å². The molecule has 2 heterocycles. The number of benzene rings is 3. The number of carbonyl (C=O) groups is 3. The smallest absolute Gasteiger partial charge is 0.339 e. The van der Waals surface area contributed by atoms with E-state index in [-0.39, 0.29) is 46.5 Å². The predicted molar refractivity (Wildman–Crippen MR) is 231 cm³/mol. The largest absolute Gasteiger partial charge is 0.508 e. The van der Waals surface area contributed by atoms with Crippen molar-refractivity contribution >= 4 is 40.0 Å². The second kappa shape index (κ2) is 26.0. The summed E-state index contributed by atoms with van der Waals surface area (Å²) in [5.41, 5.74) is 1.75. The zero-order valence-corrected chi connectivity index (χ0v) is 37.1. The zero-order chi connectivity index (χ0) is 47.4. The Balaban J connectivity index is 0.000000300. The van der Waals surface area contributed by atoms with Crippen molar-refractivity contribution in [1.29, 1.82) is 0 Å². The molecule has 0 radical (unpaired) electrons. The number of esters is 1. The van der Waals surface area contributed by atoms with E-state index in [4.69, 9.17) is 47.5 Å². The number of phenolic OH excluding ortho intramolecular Hbond substituents is 4. The minimum absolute atomic E-state index is 0.00804. The van der Waals surface area contributed by atoms with Gasteiger partial charge in [0.25, 0.3) is 0 Å². The molecule has 0 bridgehead atoms. The van der Waals surface area contributed by atoms with Gasteiger partial charge < -0.3 is 62.4 Å². The normalized spacial score (nSPS) is 10.9. The lowest BCUT2D eigenvalue weighted by atomic mass is 10.0. The molecule has 1 unspecified atom stereocenters. The average Bonchev–Trinajstić information content (AvgIpc) is 3.22. The molecule has 0 spiro atoms. The SMILES string of the molecule is CCOC(=O)C(C)C(C)=O.COCCOc1cc(O)c(C=O)c2oc(=O)c(C)c(C)c12.COCCOc1cc(O)cc(O)c1.COCCOc1cc(O)cc2oc(=O)c(C)c(C)c12. The molecule has 0 aliphatic rings. The molecular formula is C45H56O18. The van der Waals surface area contributed by atoms with Gasteiger partial charge in [-0.25, -0.2) is 9.59 Å². The third-order valence-electron chi connectivity index (χ3n) is 9.09. The second-order valence-corrected chi connectivity index (χ2v) is 13.5. The van der Waals surface area contributed by atoms with Crippen LogP contribution in [0.5, 0.6) is 40.2 Å². The number of ether oxygens (including phenoxy) is 7. The van der Waals surface area contributed by atoms with Crippen LogP contribution in [0.4, 0.5) is 0 Å². The standard InChI is InChI=1S/C15H16O6.C14H16O5.C9H12O4.C7H12O3/c1-8-9(2)15(18)21-14-10(7-16)11(17)6-12(13(8)14)20-5-4-19-3;1-8-9(2)14(16)19-12-7-10(15)6-11(13(8)12)18-5-4-17-3;1-12-2-3-13-9-5-7(10)4-8(11)6-9;1-4-10-7(9)5(2)6(3)8/h6-7,17H,4-5H2,1-3H3;6-7,15H,4-5H2,1-3H3;4-6,10-11H,2-3H2,1H3;5H,4H2,1-3H3. The first-order valence-electron chi connectivity index (χ1n) is 19.4. The summed E-state index contributed by atoms with van der Waals surface area (Å²) in [7, 11) is 4.70. The Kier molecular flexibility index (Phi) is 21.7. The van der Waals surface area contributed by atoms with Crippen LogP contribution < -0.4 is 25.5 Å². The summed E-state index contributed by atoms with van der Waals surface area (Å²) in [5, 5.41) is 38.9. The van der Waals surface area contributed by atoms with Crippen molar-refractivity contribution in [1.82, 2.24) is 0 Å². The summed E-state index contributed by atoms with van der Waals surface area (Å²) in [6.45, 7) is 14.1. The number of hydrogen-bond acceptors (Lipinski definition) is 18. The fourth-order valence-corrected chi connectivity index (χ4v) is 5.29. The average molecular weight is 885 g/mol. The number of Topliss-reactive ketones (excluding diaryl/α,β-unsaturated/α-hetero) is 1. The first-order chi connectivity index (χ1) is 29.9. The third kappa shape index (κ3) is 15.3. The number of hydrogen-bond donors (Lipinski definition) is 4. The highest BCUT2D eigenvalue weighted by Gasteiger charge is 2.20. The Bertz CT molecular complexity index is 2410. The Morgan fingerprint density at radius 2 is 1.13 bits per heavy atom. The Labute approximate surface area is 363 Å². The monoisotopic (exact) mass is 884 g/mol. The van der Waals surface area contributed by atoms with Crippen LogP contribution in [0.25, 0.3) is 21.9 Å². The number of aromatic hydroxyl groups is 4. The summed E-state index contributed by atoms with van der Waals surface area (Å²) < 4.78 is 45.8. The first-order valence-corrected chi connectivity index (χ1v) is 19.4. The Morgan fingerprint density at radius 1 is 0.651 bits per heavy atom. The van der Waals surface area contributed by atoms with Crippen LogP contribution in [0, 0.1) is 33.6 Å². The van der Waals surface area contributed by atoms with Gasteiger partial charge in [0.15, 0.2) is 11.9 Å². The number of rotatable bonds is 16. The van der Waals surface area contributed by atoms with E-state index in [9.17, 15) is 34.2 Å². The minimum atomic E-state index is -0.611. The van der Waals surface area contributed by atoms with Gasteiger partial charge in [0.1, 0.15) is 77.4 Å². The molecule has 0 amide bonds. The molecule has 4 N–H and O–H groups in total. The van der Waals surface area contributed by atoms with Gasteiger partial charge in [0.05, 0.1) is 42.8 Å². The van der Waals surface area contributed by atoms with E-state index in [0.717, 1.165) is 5.56 Å². The van der Waals surface area contributed by atoms with E-state index in [0.29, 0.717) is 96.2 Å². The van der Waals surface area contributed by atoms with E-state index in [2.05, 4.69) is 4.74 Å². The van der Waals surface area contributed by atoms with Crippen molar-refractivity contribution < 1.29 is 76.8 Å². The van der Waals surface area contributed by atoms with Gasteiger partial charge in [-0.05, 0) is 59.6 Å². The molecular weight excluding hydrogens is 828 g/mol. The van der Waals surface area contributed by atoms with E-state index >= 15 is 0 Å². The maximum absolute atomic E-state index is 11.8. The van der Waals surface area contributed by atoms with Crippen LogP contribution in [0.15, 0.2) is 54.8 Å². The lowest BCUT2D eigenvalue weighted by Gasteiger charge is -2.13. The van der Waals surface area contributed by atoms with E-state index in [1.54, 1.807) is 55.9 Å². The Hall–Kier alpha value is -6.63. The summed E-state index contributed by atoms with van der Waals surface area (Å²) >= 11 is 0. The lowest BCUT2D eigenvalue weighted by molar-refractivity contribution is -0.150. The van der Waals surface area contributed by atoms with Crippen LogP contribution in [0.3, 0.4) is 0 Å². The van der Waals surface area contributed by atoms with Gasteiger partial charge >= 0.3 is 17.2 Å². The van der Waals surface area contributed by atoms with Crippen LogP contribution in [0.2, 0.25) is 0 Å². The fourth-order valence-electron chi connectivity index (χ4n) is 5.29. The van der Waals surface area contributed by atoms with Crippen LogP contribution in [-0.4, -0.2) is 106 Å². The molecule has 2 aromatic heterocycles. The van der Waals surface area contributed by atoms with Crippen molar-refractivity contribution in [2.24, 2.45) is 5.92 Å². The van der Waals surface area contributed by atoms with Crippen molar-refractivity contribution in [3.8, 4) is 40.2 Å². The number of carbonyl (C=O) groups excluding carboxylic acids is 3. The topological polar surface area (TPSA) is 257 Å². The van der Waals surface area contributed by atoms with E-state index < -0.39 is 23.1 Å². The quantitative estimate of drug-likeness (QED) is 0.0292. The highest BCUT2D eigenvalue weighted by atomic mass is 16.5. The molecule has 18 nitrogen and oxygen atoms in total. The highest BCUT2D eigenvalue weighted by molar-refractivity contribution is 6.01. The molecule has 18 heteroatoms. The number of phenols is 4. The first kappa shape index (κ1) is 52.5. The van der Waals surface area contributed by atoms with Crippen molar-refractivity contribution in [2.45, 2.75) is 48.5 Å². The molecule has 0 saturated heterocycles. The molecule has 63 heavy (non-hydrogen) atoms. The number of aryl methyl sites for hydroxylation is 2. The number of ketones is 1.